The van der Waals surface area contributed by atoms with Gasteiger partial charge in [-0.25, -0.2) is 9.37 Å². The van der Waals surface area contributed by atoms with Gasteiger partial charge in [0.25, 0.3) is 0 Å². The summed E-state index contributed by atoms with van der Waals surface area (Å²) in [6.45, 7) is 2.24. The van der Waals surface area contributed by atoms with Crippen molar-refractivity contribution in [3.05, 3.63) is 45.7 Å². The summed E-state index contributed by atoms with van der Waals surface area (Å²) in [5.41, 5.74) is 6.92. The van der Waals surface area contributed by atoms with Crippen molar-refractivity contribution in [3.63, 3.8) is 0 Å². The monoisotopic (exact) mass is 279 g/mol. The molecule has 0 aliphatic carbocycles. The number of thiazole rings is 1. The van der Waals surface area contributed by atoms with Crippen LogP contribution in [0.15, 0.2) is 24.3 Å². The van der Waals surface area contributed by atoms with Crippen molar-refractivity contribution in [2.75, 3.05) is 5.32 Å². The molecule has 1 heterocycles. The predicted molar refractivity (Wildman–Crippen MR) is 73.5 cm³/mol. The second-order valence-corrected chi connectivity index (χ2v) is 5.22. The van der Waals surface area contributed by atoms with E-state index in [0.717, 1.165) is 15.6 Å². The first kappa shape index (κ1) is 13.6. The van der Waals surface area contributed by atoms with Gasteiger partial charge in [-0.1, -0.05) is 0 Å². The van der Waals surface area contributed by atoms with Crippen LogP contribution in [0.2, 0.25) is 0 Å². The summed E-state index contributed by atoms with van der Waals surface area (Å²) < 4.78 is 12.7. The molecule has 0 bridgehead atoms. The number of anilines is 1. The fourth-order valence-corrected chi connectivity index (χ4v) is 2.57. The van der Waals surface area contributed by atoms with Crippen LogP contribution in [-0.4, -0.2) is 10.9 Å². The van der Waals surface area contributed by atoms with Crippen LogP contribution in [0.5, 0.6) is 0 Å². The van der Waals surface area contributed by atoms with Crippen LogP contribution >= 0.6 is 11.3 Å². The lowest BCUT2D eigenvalue weighted by molar-refractivity contribution is -0.115. The topological polar surface area (TPSA) is 68.0 Å². The van der Waals surface area contributed by atoms with Crippen LogP contribution in [-0.2, 0) is 17.8 Å². The first-order chi connectivity index (χ1) is 9.08. The molecule has 0 radical (unpaired) electrons. The molecule has 2 aromatic rings. The normalized spacial score (nSPS) is 10.5. The summed E-state index contributed by atoms with van der Waals surface area (Å²) in [6.07, 6.45) is 0.251. The Balaban J connectivity index is 2.00. The fourth-order valence-electron chi connectivity index (χ4n) is 1.62. The molecule has 0 unspecified atom stereocenters. The highest BCUT2D eigenvalue weighted by atomic mass is 32.1. The van der Waals surface area contributed by atoms with Crippen LogP contribution in [0, 0.1) is 12.7 Å². The van der Waals surface area contributed by atoms with Crippen molar-refractivity contribution in [1.29, 1.82) is 0 Å². The molecule has 0 aliphatic rings. The molecule has 2 rings (SSSR count). The minimum atomic E-state index is -0.330. The average molecular weight is 279 g/mol. The third-order valence-electron chi connectivity index (χ3n) is 2.56. The first-order valence-electron chi connectivity index (χ1n) is 5.79. The summed E-state index contributed by atoms with van der Waals surface area (Å²) in [4.78, 5) is 17.0. The van der Waals surface area contributed by atoms with E-state index in [-0.39, 0.29) is 18.1 Å². The maximum atomic E-state index is 12.7. The van der Waals surface area contributed by atoms with E-state index in [4.69, 9.17) is 5.73 Å². The van der Waals surface area contributed by atoms with Crippen molar-refractivity contribution in [1.82, 2.24) is 4.98 Å². The number of benzene rings is 1. The lowest BCUT2D eigenvalue weighted by atomic mass is 10.2. The Morgan fingerprint density at radius 3 is 2.68 bits per heavy atom. The maximum Gasteiger partial charge on any atom is 0.229 e. The zero-order valence-electron chi connectivity index (χ0n) is 10.4. The number of carbonyl (C=O) groups is 1. The molecule has 0 saturated carbocycles. The van der Waals surface area contributed by atoms with Gasteiger partial charge in [-0.2, -0.15) is 0 Å². The molecule has 4 nitrogen and oxygen atoms in total. The van der Waals surface area contributed by atoms with Gasteiger partial charge in [-0.15, -0.1) is 11.3 Å². The molecule has 0 fully saturated rings. The lowest BCUT2D eigenvalue weighted by Crippen LogP contribution is -2.14. The zero-order chi connectivity index (χ0) is 13.8. The molecule has 0 atom stereocenters. The molecule has 0 spiro atoms. The number of nitrogens with one attached hydrogen (secondary N) is 1. The van der Waals surface area contributed by atoms with E-state index in [1.807, 2.05) is 6.92 Å². The molecule has 19 heavy (non-hydrogen) atoms. The van der Waals surface area contributed by atoms with Crippen LogP contribution < -0.4 is 11.1 Å². The minimum absolute atomic E-state index is 0.151. The van der Waals surface area contributed by atoms with Crippen LogP contribution in [0.1, 0.15) is 15.6 Å². The number of aryl methyl sites for hydroxylation is 1. The number of halogens is 1. The van der Waals surface area contributed by atoms with Gasteiger partial charge in [0.15, 0.2) is 0 Å². The largest absolute Gasteiger partial charge is 0.326 e. The van der Waals surface area contributed by atoms with Crippen LogP contribution in [0.3, 0.4) is 0 Å². The van der Waals surface area contributed by atoms with Gasteiger partial charge in [0.1, 0.15) is 10.8 Å². The van der Waals surface area contributed by atoms with E-state index in [2.05, 4.69) is 10.3 Å². The number of amides is 1. The molecular weight excluding hydrogens is 265 g/mol. The standard InChI is InChI=1S/C13H14FN3OS/c1-8-11(19-13(7-15)16-8)6-12(18)17-10-4-2-9(14)3-5-10/h2-5H,6-7,15H2,1H3,(H,17,18). The van der Waals surface area contributed by atoms with E-state index >= 15 is 0 Å². The van der Waals surface area contributed by atoms with Gasteiger partial charge in [0.2, 0.25) is 5.91 Å². The Hall–Kier alpha value is -1.79. The molecule has 1 aromatic carbocycles. The van der Waals surface area contributed by atoms with Crippen LogP contribution in [0.25, 0.3) is 0 Å². The smallest absolute Gasteiger partial charge is 0.229 e. The summed E-state index contributed by atoms with van der Waals surface area (Å²) in [5, 5.41) is 3.54. The Morgan fingerprint density at radius 1 is 1.42 bits per heavy atom. The number of hydrogen-bond donors (Lipinski definition) is 2. The number of hydrogen-bond acceptors (Lipinski definition) is 4. The van der Waals surface area contributed by atoms with Crippen molar-refractivity contribution in [2.24, 2.45) is 5.73 Å². The van der Waals surface area contributed by atoms with E-state index in [1.54, 1.807) is 0 Å². The summed E-state index contributed by atoms with van der Waals surface area (Å²) in [5.74, 6) is -0.481. The third-order valence-corrected chi connectivity index (χ3v) is 3.74. The molecule has 1 amide bonds. The van der Waals surface area contributed by atoms with Gasteiger partial charge in [0.05, 0.1) is 12.1 Å². The second-order valence-electron chi connectivity index (χ2n) is 4.05. The Morgan fingerprint density at radius 2 is 2.11 bits per heavy atom. The SMILES string of the molecule is Cc1nc(CN)sc1CC(=O)Nc1ccc(F)cc1. The molecule has 0 saturated heterocycles. The number of nitrogens with two attached hydrogens (primary N) is 1. The molecule has 100 valence electrons. The van der Waals surface area contributed by atoms with Gasteiger partial charge in [-0.05, 0) is 31.2 Å². The summed E-state index contributed by atoms with van der Waals surface area (Å²) in [6, 6.07) is 5.66. The summed E-state index contributed by atoms with van der Waals surface area (Å²) in [7, 11) is 0. The number of nitrogens with zero attached hydrogens (tertiary/aromatic N) is 1. The Kier molecular flexibility index (Phi) is 4.24. The van der Waals surface area contributed by atoms with E-state index in [9.17, 15) is 9.18 Å². The highest BCUT2D eigenvalue weighted by molar-refractivity contribution is 7.11. The number of rotatable bonds is 4. The van der Waals surface area contributed by atoms with Crippen molar-refractivity contribution in [2.45, 2.75) is 19.9 Å². The van der Waals surface area contributed by atoms with Gasteiger partial charge in [-0.3, -0.25) is 4.79 Å². The highest BCUT2D eigenvalue weighted by Gasteiger charge is 2.11. The zero-order valence-corrected chi connectivity index (χ0v) is 11.3. The minimum Gasteiger partial charge on any atom is -0.326 e. The van der Waals surface area contributed by atoms with E-state index in [0.29, 0.717) is 12.2 Å². The third kappa shape index (κ3) is 3.59. The quantitative estimate of drug-likeness (QED) is 0.901. The van der Waals surface area contributed by atoms with Gasteiger partial charge in [0, 0.05) is 17.1 Å². The van der Waals surface area contributed by atoms with Gasteiger partial charge < -0.3 is 11.1 Å². The number of carbonyl (C=O) groups excluding carboxylic acids is 1. The van der Waals surface area contributed by atoms with E-state index in [1.165, 1.54) is 35.6 Å². The second kappa shape index (κ2) is 5.90. The maximum absolute atomic E-state index is 12.7. The Bertz CT molecular complexity index is 580. The average Bonchev–Trinajstić information content (AvgIpc) is 2.73. The first-order valence-corrected chi connectivity index (χ1v) is 6.61. The fraction of sp³-hybridized carbons (Fsp3) is 0.231. The summed E-state index contributed by atoms with van der Waals surface area (Å²) >= 11 is 1.44. The molecule has 0 aliphatic heterocycles. The van der Waals surface area contributed by atoms with Crippen LogP contribution in [0.4, 0.5) is 10.1 Å². The number of aromatic nitrogens is 1. The lowest BCUT2D eigenvalue weighted by Gasteiger charge is -2.04. The predicted octanol–water partition coefficient (Wildman–Crippen LogP) is 2.23. The van der Waals surface area contributed by atoms with Crippen molar-refractivity contribution >= 4 is 22.9 Å². The molecule has 6 heteroatoms. The van der Waals surface area contributed by atoms with Crippen molar-refractivity contribution < 1.29 is 9.18 Å². The molecular formula is C13H14FN3OS. The Labute approximate surface area is 114 Å². The molecule has 1 aromatic heterocycles. The molecule has 3 N–H and O–H groups in total. The van der Waals surface area contributed by atoms with E-state index < -0.39 is 0 Å². The van der Waals surface area contributed by atoms with Gasteiger partial charge >= 0.3 is 0 Å². The van der Waals surface area contributed by atoms with Crippen molar-refractivity contribution in [3.8, 4) is 0 Å². The highest BCUT2D eigenvalue weighted by Crippen LogP contribution is 2.19.